The van der Waals surface area contributed by atoms with Gasteiger partial charge in [-0.1, -0.05) is 0 Å². The van der Waals surface area contributed by atoms with E-state index in [9.17, 15) is 5.11 Å². The lowest BCUT2D eigenvalue weighted by atomic mass is 10.1. The molecule has 3 aromatic heterocycles. The van der Waals surface area contributed by atoms with Gasteiger partial charge in [0, 0.05) is 47.2 Å². The Kier molecular flexibility index (Phi) is 5.44. The minimum Gasteiger partial charge on any atom is -0.396 e. The van der Waals surface area contributed by atoms with Crippen LogP contribution in [0.1, 0.15) is 26.7 Å². The average molecular weight is 450 g/mol. The third-order valence-electron chi connectivity index (χ3n) is 5.74. The van der Waals surface area contributed by atoms with Crippen LogP contribution in [0.5, 0.6) is 0 Å². The maximum Gasteiger partial charge on any atom is 0.200 e. The van der Waals surface area contributed by atoms with Crippen molar-refractivity contribution in [2.45, 2.75) is 32.7 Å². The molecule has 8 nitrogen and oxygen atoms in total. The third-order valence-corrected chi connectivity index (χ3v) is 6.53. The lowest BCUT2D eigenvalue weighted by Gasteiger charge is -2.16. The Morgan fingerprint density at radius 1 is 1.16 bits per heavy atom. The summed E-state index contributed by atoms with van der Waals surface area (Å²) in [6.07, 6.45) is 5.78. The molecule has 1 aromatic carbocycles. The second-order valence-corrected chi connectivity index (χ2v) is 9.62. The number of hydrogen-bond acceptors (Lipinski definition) is 8. The zero-order valence-corrected chi connectivity index (χ0v) is 19.0. The van der Waals surface area contributed by atoms with Gasteiger partial charge >= 0.3 is 0 Å². The first-order chi connectivity index (χ1) is 15.5. The first-order valence-corrected chi connectivity index (χ1v) is 11.7. The van der Waals surface area contributed by atoms with Crippen molar-refractivity contribution in [2.24, 2.45) is 5.41 Å². The number of fused-ring (bicyclic) bond motifs is 1. The number of H-pyrrole nitrogens is 1. The first kappa shape index (κ1) is 20.7. The van der Waals surface area contributed by atoms with E-state index in [2.05, 4.69) is 55.8 Å². The van der Waals surface area contributed by atoms with Crippen molar-refractivity contribution in [2.75, 3.05) is 29.1 Å². The Balaban J connectivity index is 1.37. The average Bonchev–Trinajstić information content (AvgIpc) is 3.17. The molecule has 3 heterocycles. The second-order valence-electron chi connectivity index (χ2n) is 8.73. The van der Waals surface area contributed by atoms with E-state index in [1.807, 2.05) is 36.1 Å². The summed E-state index contributed by atoms with van der Waals surface area (Å²) in [5, 5.41) is 19.8. The Labute approximate surface area is 190 Å². The normalized spacial score (nSPS) is 14.6. The molecule has 0 unspecified atom stereocenters. The number of imidazole rings is 1. The number of anilines is 4. The summed E-state index contributed by atoms with van der Waals surface area (Å²) in [6, 6.07) is 8.39. The number of benzene rings is 1. The third kappa shape index (κ3) is 4.39. The van der Waals surface area contributed by atoms with E-state index >= 15 is 0 Å². The maximum atomic E-state index is 9.52. The van der Waals surface area contributed by atoms with Crippen LogP contribution in [0.4, 0.5) is 23.1 Å². The highest BCUT2D eigenvalue weighted by atomic mass is 32.1. The highest BCUT2D eigenvalue weighted by Gasteiger charge is 2.41. The summed E-state index contributed by atoms with van der Waals surface area (Å²) < 4.78 is 1.14. The van der Waals surface area contributed by atoms with Gasteiger partial charge in [-0.25, -0.2) is 15.0 Å². The van der Waals surface area contributed by atoms with Crippen LogP contribution in [-0.2, 0) is 0 Å². The Hall–Kier alpha value is -3.17. The van der Waals surface area contributed by atoms with Crippen molar-refractivity contribution >= 4 is 44.7 Å². The van der Waals surface area contributed by atoms with Crippen molar-refractivity contribution in [3.8, 4) is 11.3 Å². The highest BCUT2D eigenvalue weighted by molar-refractivity contribution is 7.16. The molecular weight excluding hydrogens is 422 g/mol. The van der Waals surface area contributed by atoms with Crippen LogP contribution in [0.2, 0.25) is 0 Å². The number of thiazole rings is 1. The largest absolute Gasteiger partial charge is 0.396 e. The predicted molar refractivity (Wildman–Crippen MR) is 131 cm³/mol. The molecule has 0 aliphatic heterocycles. The summed E-state index contributed by atoms with van der Waals surface area (Å²) in [7, 11) is 0. The van der Waals surface area contributed by atoms with Crippen LogP contribution in [0, 0.1) is 5.41 Å². The van der Waals surface area contributed by atoms with Crippen molar-refractivity contribution in [3.63, 3.8) is 0 Å². The number of hydrogen-bond donors (Lipinski definition) is 5. The first-order valence-electron chi connectivity index (χ1n) is 10.8. The maximum absolute atomic E-state index is 9.52. The molecule has 4 aromatic rings. The summed E-state index contributed by atoms with van der Waals surface area (Å²) in [5.74, 6) is 1.47. The van der Waals surface area contributed by atoms with Crippen molar-refractivity contribution < 1.29 is 5.11 Å². The van der Waals surface area contributed by atoms with Crippen molar-refractivity contribution in [1.82, 2.24) is 19.9 Å². The number of pyridine rings is 1. The van der Waals surface area contributed by atoms with Gasteiger partial charge in [-0.3, -0.25) is 0 Å². The summed E-state index contributed by atoms with van der Waals surface area (Å²) in [6.45, 7) is 5.15. The Morgan fingerprint density at radius 3 is 2.81 bits per heavy atom. The quantitative estimate of drug-likeness (QED) is 0.249. The SMILES string of the molecule is CC(C)Nc1cc(Nc2ccc3ncsc3c2)ncc1-c1cnc(NCC2(CO)CC2)[nH]1. The number of rotatable bonds is 9. The van der Waals surface area contributed by atoms with Gasteiger partial charge < -0.3 is 26.0 Å². The molecule has 1 fully saturated rings. The number of aliphatic hydroxyl groups excluding tert-OH is 1. The molecule has 1 saturated carbocycles. The molecule has 5 rings (SSSR count). The Bertz CT molecular complexity index is 1230. The Morgan fingerprint density at radius 2 is 2.03 bits per heavy atom. The van der Waals surface area contributed by atoms with Gasteiger partial charge in [0.15, 0.2) is 0 Å². The molecule has 0 radical (unpaired) electrons. The van der Waals surface area contributed by atoms with E-state index in [1.54, 1.807) is 11.3 Å². The van der Waals surface area contributed by atoms with E-state index in [0.717, 1.165) is 58.1 Å². The summed E-state index contributed by atoms with van der Waals surface area (Å²) in [4.78, 5) is 16.8. The van der Waals surface area contributed by atoms with Crippen LogP contribution in [0.25, 0.3) is 21.5 Å². The van der Waals surface area contributed by atoms with Gasteiger partial charge in [0.1, 0.15) is 5.82 Å². The predicted octanol–water partition coefficient (Wildman–Crippen LogP) is 4.83. The smallest absolute Gasteiger partial charge is 0.200 e. The fraction of sp³-hybridized carbons (Fsp3) is 0.348. The van der Waals surface area contributed by atoms with E-state index in [-0.39, 0.29) is 18.1 Å². The minimum atomic E-state index is 0.0222. The van der Waals surface area contributed by atoms with Crippen LogP contribution < -0.4 is 16.0 Å². The lowest BCUT2D eigenvalue weighted by Crippen LogP contribution is -2.19. The number of nitrogens with one attached hydrogen (secondary N) is 4. The van der Waals surface area contributed by atoms with E-state index in [4.69, 9.17) is 0 Å². The van der Waals surface area contributed by atoms with Gasteiger partial charge in [0.05, 0.1) is 34.2 Å². The molecule has 32 heavy (non-hydrogen) atoms. The highest BCUT2D eigenvalue weighted by Crippen LogP contribution is 2.44. The molecule has 0 atom stereocenters. The van der Waals surface area contributed by atoms with Gasteiger partial charge in [0.25, 0.3) is 0 Å². The molecule has 0 amide bonds. The topological polar surface area (TPSA) is 111 Å². The molecule has 0 spiro atoms. The zero-order valence-electron chi connectivity index (χ0n) is 18.1. The van der Waals surface area contributed by atoms with Crippen LogP contribution in [-0.4, -0.2) is 44.2 Å². The summed E-state index contributed by atoms with van der Waals surface area (Å²) >= 11 is 1.62. The van der Waals surface area contributed by atoms with E-state index < -0.39 is 0 Å². The van der Waals surface area contributed by atoms with Gasteiger partial charge in [-0.2, -0.15) is 0 Å². The molecule has 0 bridgehead atoms. The van der Waals surface area contributed by atoms with Gasteiger partial charge in [0.2, 0.25) is 5.95 Å². The zero-order chi connectivity index (χ0) is 22.1. The molecule has 5 N–H and O–H groups in total. The lowest BCUT2D eigenvalue weighted by molar-refractivity contribution is 0.219. The second kappa shape index (κ2) is 8.40. The molecular formula is C23H27N7OS. The molecule has 0 saturated heterocycles. The van der Waals surface area contributed by atoms with Crippen LogP contribution in [0.3, 0.4) is 0 Å². The molecule has 166 valence electrons. The van der Waals surface area contributed by atoms with Crippen LogP contribution in [0.15, 0.2) is 42.2 Å². The van der Waals surface area contributed by atoms with Crippen LogP contribution >= 0.6 is 11.3 Å². The monoisotopic (exact) mass is 449 g/mol. The minimum absolute atomic E-state index is 0.0222. The van der Waals surface area contributed by atoms with Gasteiger partial charge in [-0.05, 0) is 44.9 Å². The number of aromatic amines is 1. The fourth-order valence-electron chi connectivity index (χ4n) is 3.64. The molecule has 1 aliphatic rings. The van der Waals surface area contributed by atoms with E-state index in [0.29, 0.717) is 5.95 Å². The number of aromatic nitrogens is 4. The van der Waals surface area contributed by atoms with Gasteiger partial charge in [-0.15, -0.1) is 11.3 Å². The number of aliphatic hydroxyl groups is 1. The standard InChI is InChI=1S/C23H27N7OS/c1-14(2)28-18-8-21(29-15-3-4-17-20(7-15)32-13-27-17)24-9-16(18)19-10-25-22(30-19)26-11-23(12-31)5-6-23/h3-4,7-10,13-14,31H,5-6,11-12H2,1-2H3,(H2,24,28,29)(H2,25,26,30). The molecule has 9 heteroatoms. The summed E-state index contributed by atoms with van der Waals surface area (Å²) in [5.41, 5.74) is 6.66. The number of nitrogens with zero attached hydrogens (tertiary/aromatic N) is 3. The fourth-order valence-corrected chi connectivity index (χ4v) is 4.35. The van der Waals surface area contributed by atoms with E-state index in [1.165, 1.54) is 0 Å². The van der Waals surface area contributed by atoms with Crippen molar-refractivity contribution in [3.05, 3.63) is 42.2 Å². The molecule has 1 aliphatic carbocycles. The van der Waals surface area contributed by atoms with Crippen molar-refractivity contribution in [1.29, 1.82) is 0 Å².